The summed E-state index contributed by atoms with van der Waals surface area (Å²) in [7, 11) is 0. The summed E-state index contributed by atoms with van der Waals surface area (Å²) in [6.45, 7) is 5.15. The van der Waals surface area contributed by atoms with E-state index in [1.165, 1.54) is 6.07 Å². The van der Waals surface area contributed by atoms with Crippen LogP contribution >= 0.6 is 0 Å². The van der Waals surface area contributed by atoms with E-state index >= 15 is 0 Å². The molecule has 1 aromatic rings. The molecule has 0 aliphatic rings. The molecule has 0 spiro atoms. The van der Waals surface area contributed by atoms with Gasteiger partial charge in [-0.3, -0.25) is 0 Å². The van der Waals surface area contributed by atoms with Gasteiger partial charge < -0.3 is 15.7 Å². The van der Waals surface area contributed by atoms with Crippen LogP contribution in [0, 0.1) is 5.82 Å². The summed E-state index contributed by atoms with van der Waals surface area (Å²) in [5.74, 6) is -0.363. The standard InChI is InChI=1S/C13H19FN2O2/c1-9(17)8-15-12(18)16-13(2,3)10-6-4-5-7-11(10)14/h4-7,9,17H,8H2,1-3H3,(H2,15,16,18). The number of carbonyl (C=O) groups excluding carboxylic acids is 1. The topological polar surface area (TPSA) is 61.4 Å². The lowest BCUT2D eigenvalue weighted by atomic mass is 9.94. The second-order valence-electron chi connectivity index (χ2n) is 4.79. The Hall–Kier alpha value is -1.62. The Morgan fingerprint density at radius 2 is 2.06 bits per heavy atom. The van der Waals surface area contributed by atoms with Gasteiger partial charge in [0.1, 0.15) is 5.82 Å². The number of nitrogens with one attached hydrogen (secondary N) is 2. The minimum atomic E-state index is -0.825. The van der Waals surface area contributed by atoms with Gasteiger partial charge in [-0.2, -0.15) is 0 Å². The van der Waals surface area contributed by atoms with Crippen LogP contribution in [0.1, 0.15) is 26.3 Å². The fourth-order valence-corrected chi connectivity index (χ4v) is 1.60. The number of rotatable bonds is 4. The maximum Gasteiger partial charge on any atom is 0.315 e. The maximum atomic E-state index is 13.6. The second kappa shape index (κ2) is 5.82. The Balaban J connectivity index is 2.70. The molecule has 0 aliphatic carbocycles. The fraction of sp³-hybridized carbons (Fsp3) is 0.462. The highest BCUT2D eigenvalue weighted by Gasteiger charge is 2.25. The van der Waals surface area contributed by atoms with E-state index in [1.54, 1.807) is 39.0 Å². The number of amides is 2. The zero-order valence-electron chi connectivity index (χ0n) is 10.8. The van der Waals surface area contributed by atoms with Crippen LogP contribution in [0.4, 0.5) is 9.18 Å². The minimum Gasteiger partial charge on any atom is -0.392 e. The maximum absolute atomic E-state index is 13.6. The number of hydrogen-bond donors (Lipinski definition) is 3. The van der Waals surface area contributed by atoms with E-state index in [9.17, 15) is 9.18 Å². The Kier molecular flexibility index (Phi) is 4.67. The number of aliphatic hydroxyl groups is 1. The molecule has 0 aliphatic heterocycles. The molecule has 5 heteroatoms. The second-order valence-corrected chi connectivity index (χ2v) is 4.79. The molecule has 100 valence electrons. The number of benzene rings is 1. The van der Waals surface area contributed by atoms with Crippen molar-refractivity contribution in [3.63, 3.8) is 0 Å². The molecule has 1 atom stereocenters. The molecule has 2 amide bonds. The van der Waals surface area contributed by atoms with Gasteiger partial charge in [-0.15, -0.1) is 0 Å². The van der Waals surface area contributed by atoms with Crippen LogP contribution in [-0.2, 0) is 5.54 Å². The lowest BCUT2D eigenvalue weighted by Gasteiger charge is -2.27. The molecule has 1 unspecified atom stereocenters. The molecule has 1 aromatic carbocycles. The van der Waals surface area contributed by atoms with Crippen molar-refractivity contribution in [3.8, 4) is 0 Å². The third-order valence-corrected chi connectivity index (χ3v) is 2.53. The van der Waals surface area contributed by atoms with E-state index < -0.39 is 17.7 Å². The highest BCUT2D eigenvalue weighted by molar-refractivity contribution is 5.75. The minimum absolute atomic E-state index is 0.152. The SMILES string of the molecule is CC(O)CNC(=O)NC(C)(C)c1ccccc1F. The van der Waals surface area contributed by atoms with Crippen molar-refractivity contribution in [2.24, 2.45) is 0 Å². The summed E-state index contributed by atoms with van der Waals surface area (Å²) >= 11 is 0. The zero-order chi connectivity index (χ0) is 13.8. The van der Waals surface area contributed by atoms with Crippen molar-refractivity contribution < 1.29 is 14.3 Å². The van der Waals surface area contributed by atoms with E-state index in [4.69, 9.17) is 5.11 Å². The van der Waals surface area contributed by atoms with Crippen LogP contribution < -0.4 is 10.6 Å². The van der Waals surface area contributed by atoms with Gasteiger partial charge in [-0.05, 0) is 26.8 Å². The Morgan fingerprint density at radius 1 is 1.44 bits per heavy atom. The van der Waals surface area contributed by atoms with Gasteiger partial charge in [-0.25, -0.2) is 9.18 Å². The van der Waals surface area contributed by atoms with Crippen LogP contribution in [0.3, 0.4) is 0 Å². The summed E-state index contributed by atoms with van der Waals surface area (Å²) in [6, 6.07) is 5.86. The summed E-state index contributed by atoms with van der Waals surface area (Å²) in [5, 5.41) is 14.2. The van der Waals surface area contributed by atoms with Gasteiger partial charge >= 0.3 is 6.03 Å². The van der Waals surface area contributed by atoms with Gasteiger partial charge in [0.25, 0.3) is 0 Å². The van der Waals surface area contributed by atoms with Crippen molar-refractivity contribution in [1.29, 1.82) is 0 Å². The monoisotopic (exact) mass is 254 g/mol. The number of hydrogen-bond acceptors (Lipinski definition) is 2. The van der Waals surface area contributed by atoms with Gasteiger partial charge in [-0.1, -0.05) is 18.2 Å². The average molecular weight is 254 g/mol. The van der Waals surface area contributed by atoms with E-state index in [2.05, 4.69) is 10.6 Å². The van der Waals surface area contributed by atoms with E-state index in [-0.39, 0.29) is 12.4 Å². The Morgan fingerprint density at radius 3 is 2.61 bits per heavy atom. The molecule has 1 rings (SSSR count). The van der Waals surface area contributed by atoms with Crippen molar-refractivity contribution in [2.45, 2.75) is 32.4 Å². The molecular weight excluding hydrogens is 235 g/mol. The summed E-state index contributed by atoms with van der Waals surface area (Å²) in [4.78, 5) is 11.6. The third kappa shape index (κ3) is 4.00. The molecular formula is C13H19FN2O2. The first kappa shape index (κ1) is 14.4. The molecule has 0 radical (unpaired) electrons. The first-order valence-electron chi connectivity index (χ1n) is 5.82. The Labute approximate surface area is 106 Å². The molecule has 0 aromatic heterocycles. The smallest absolute Gasteiger partial charge is 0.315 e. The number of carbonyl (C=O) groups is 1. The lowest BCUT2D eigenvalue weighted by molar-refractivity contribution is 0.184. The van der Waals surface area contributed by atoms with E-state index in [1.807, 2.05) is 0 Å². The average Bonchev–Trinajstić information content (AvgIpc) is 2.26. The molecule has 0 saturated carbocycles. The lowest BCUT2D eigenvalue weighted by Crippen LogP contribution is -2.48. The Bertz CT molecular complexity index is 419. The van der Waals surface area contributed by atoms with Crippen molar-refractivity contribution in [3.05, 3.63) is 35.6 Å². The molecule has 0 bridgehead atoms. The van der Waals surface area contributed by atoms with Crippen LogP contribution in [0.15, 0.2) is 24.3 Å². The summed E-state index contributed by atoms with van der Waals surface area (Å²) < 4.78 is 13.6. The van der Waals surface area contributed by atoms with Gasteiger partial charge in [0, 0.05) is 12.1 Å². The van der Waals surface area contributed by atoms with Gasteiger partial charge in [0.05, 0.1) is 11.6 Å². The van der Waals surface area contributed by atoms with Crippen molar-refractivity contribution in [1.82, 2.24) is 10.6 Å². The molecule has 0 heterocycles. The molecule has 4 nitrogen and oxygen atoms in total. The highest BCUT2D eigenvalue weighted by Crippen LogP contribution is 2.22. The molecule has 3 N–H and O–H groups in total. The summed E-state index contributed by atoms with van der Waals surface area (Å²) in [5.41, 5.74) is -0.411. The fourth-order valence-electron chi connectivity index (χ4n) is 1.60. The van der Waals surface area contributed by atoms with Crippen LogP contribution in [0.5, 0.6) is 0 Å². The normalized spacial score (nSPS) is 12.9. The zero-order valence-corrected chi connectivity index (χ0v) is 10.8. The quantitative estimate of drug-likeness (QED) is 0.766. The summed E-state index contributed by atoms with van der Waals surface area (Å²) in [6.07, 6.45) is -0.618. The first-order chi connectivity index (χ1) is 8.33. The highest BCUT2D eigenvalue weighted by atomic mass is 19.1. The number of halogens is 1. The van der Waals surface area contributed by atoms with Gasteiger partial charge in [0.2, 0.25) is 0 Å². The van der Waals surface area contributed by atoms with Crippen molar-refractivity contribution >= 4 is 6.03 Å². The van der Waals surface area contributed by atoms with E-state index in [0.717, 1.165) is 0 Å². The number of urea groups is 1. The largest absolute Gasteiger partial charge is 0.392 e. The molecule has 0 fully saturated rings. The van der Waals surface area contributed by atoms with Crippen LogP contribution in [-0.4, -0.2) is 23.8 Å². The van der Waals surface area contributed by atoms with E-state index in [0.29, 0.717) is 5.56 Å². The van der Waals surface area contributed by atoms with Gasteiger partial charge in [0.15, 0.2) is 0 Å². The van der Waals surface area contributed by atoms with Crippen molar-refractivity contribution in [2.75, 3.05) is 6.54 Å². The van der Waals surface area contributed by atoms with Crippen LogP contribution in [0.25, 0.3) is 0 Å². The third-order valence-electron chi connectivity index (χ3n) is 2.53. The molecule has 18 heavy (non-hydrogen) atoms. The predicted molar refractivity (Wildman–Crippen MR) is 67.6 cm³/mol. The van der Waals surface area contributed by atoms with Crippen LogP contribution in [0.2, 0.25) is 0 Å². The number of aliphatic hydroxyl groups excluding tert-OH is 1. The molecule has 0 saturated heterocycles. The first-order valence-corrected chi connectivity index (χ1v) is 5.82. The predicted octanol–water partition coefficient (Wildman–Crippen LogP) is 1.74.